The molecule has 0 fully saturated rings. The van der Waals surface area contributed by atoms with Crippen LogP contribution in [0.3, 0.4) is 0 Å². The highest BCUT2D eigenvalue weighted by Gasteiger charge is 2.18. The lowest BCUT2D eigenvalue weighted by Gasteiger charge is -2.11. The average molecular weight is 208 g/mol. The molecule has 0 aliphatic heterocycles. The molecule has 13 heavy (non-hydrogen) atoms. The Morgan fingerprint density at radius 2 is 2.08 bits per heavy atom. The van der Waals surface area contributed by atoms with Crippen molar-refractivity contribution in [3.05, 3.63) is 0 Å². The van der Waals surface area contributed by atoms with Crippen molar-refractivity contribution in [1.82, 2.24) is 0 Å². The Balaban J connectivity index is 3.92. The third-order valence-corrected chi connectivity index (χ3v) is 3.55. The minimum Gasteiger partial charge on any atom is -0.481 e. The lowest BCUT2D eigenvalue weighted by Crippen LogP contribution is -2.25. The van der Waals surface area contributed by atoms with Crippen molar-refractivity contribution in [2.75, 3.05) is 19.5 Å². The van der Waals surface area contributed by atoms with Crippen molar-refractivity contribution < 1.29 is 18.8 Å². The number of aliphatic carboxylic acids is 1. The molecule has 0 aliphatic carbocycles. The maximum absolute atomic E-state index is 11.4. The van der Waals surface area contributed by atoms with Gasteiger partial charge in [-0.2, -0.15) is 0 Å². The minimum atomic E-state index is -1.12. The first-order valence-corrected chi connectivity index (χ1v) is 5.46. The molecule has 0 rings (SSSR count). The Hall–Kier alpha value is -0.420. The number of hydrogen-bond acceptors (Lipinski definition) is 3. The zero-order valence-corrected chi connectivity index (χ0v) is 8.97. The molecule has 3 atom stereocenters. The van der Waals surface area contributed by atoms with Gasteiger partial charge in [0.1, 0.15) is 0 Å². The fourth-order valence-corrected chi connectivity index (χ4v) is 2.04. The van der Waals surface area contributed by atoms with E-state index in [2.05, 4.69) is 0 Å². The zero-order valence-electron chi connectivity index (χ0n) is 8.15. The van der Waals surface area contributed by atoms with Crippen molar-refractivity contribution in [1.29, 1.82) is 0 Å². The van der Waals surface area contributed by atoms with Crippen molar-refractivity contribution in [3.63, 3.8) is 0 Å². The van der Waals surface area contributed by atoms with Crippen molar-refractivity contribution in [2.24, 2.45) is 5.92 Å². The number of carboxylic acids is 1. The molecule has 0 heterocycles. The van der Waals surface area contributed by atoms with E-state index in [1.54, 1.807) is 13.8 Å². The summed E-state index contributed by atoms with van der Waals surface area (Å²) >= 11 is 0. The van der Waals surface area contributed by atoms with Gasteiger partial charge in [0.25, 0.3) is 0 Å². The van der Waals surface area contributed by atoms with Crippen LogP contribution in [0.15, 0.2) is 0 Å². The van der Waals surface area contributed by atoms with Gasteiger partial charge in [0.2, 0.25) is 0 Å². The van der Waals surface area contributed by atoms with Gasteiger partial charge in [-0.1, -0.05) is 6.92 Å². The van der Waals surface area contributed by atoms with Gasteiger partial charge in [0.05, 0.1) is 17.8 Å². The summed E-state index contributed by atoms with van der Waals surface area (Å²) in [5.74, 6) is -1.27. The topological polar surface area (TPSA) is 63.6 Å². The predicted molar refractivity (Wildman–Crippen MR) is 51.1 cm³/mol. The van der Waals surface area contributed by atoms with Crippen LogP contribution >= 0.6 is 0 Å². The molecule has 0 bridgehead atoms. The maximum Gasteiger partial charge on any atom is 0.307 e. The molecular formula is C8H16O4S. The standard InChI is InChI=1S/C8H16O4S/c1-6(8(9)10)5-13(11)7(2)4-12-3/h6-7H,4-5H2,1-3H3,(H,9,10). The first-order chi connectivity index (χ1) is 5.99. The van der Waals surface area contributed by atoms with Gasteiger partial charge in [0.15, 0.2) is 0 Å². The number of methoxy groups -OCH3 is 1. The average Bonchev–Trinajstić information content (AvgIpc) is 2.04. The Morgan fingerprint density at radius 3 is 2.46 bits per heavy atom. The SMILES string of the molecule is COCC(C)S(=O)CC(C)C(=O)O. The van der Waals surface area contributed by atoms with Gasteiger partial charge in [0, 0.05) is 23.7 Å². The Labute approximate surface area is 80.7 Å². The molecule has 5 heteroatoms. The van der Waals surface area contributed by atoms with Crippen LogP contribution in [0.1, 0.15) is 13.8 Å². The fraction of sp³-hybridized carbons (Fsp3) is 0.875. The molecule has 0 saturated heterocycles. The van der Waals surface area contributed by atoms with E-state index in [1.807, 2.05) is 0 Å². The molecule has 0 spiro atoms. The van der Waals surface area contributed by atoms with Gasteiger partial charge in [-0.15, -0.1) is 0 Å². The Bertz CT molecular complexity index is 193. The lowest BCUT2D eigenvalue weighted by atomic mass is 10.2. The summed E-state index contributed by atoms with van der Waals surface area (Å²) in [6.07, 6.45) is 0. The van der Waals surface area contributed by atoms with Crippen LogP contribution in [-0.4, -0.2) is 40.0 Å². The van der Waals surface area contributed by atoms with Crippen LogP contribution in [0.5, 0.6) is 0 Å². The number of carboxylic acid groups (broad SMARTS) is 1. The van der Waals surface area contributed by atoms with Gasteiger partial charge in [-0.05, 0) is 6.92 Å². The summed E-state index contributed by atoms with van der Waals surface area (Å²) in [6, 6.07) is 0. The van der Waals surface area contributed by atoms with Gasteiger partial charge >= 0.3 is 5.97 Å². The van der Waals surface area contributed by atoms with Crippen molar-refractivity contribution in [3.8, 4) is 0 Å². The molecule has 0 saturated carbocycles. The van der Waals surface area contributed by atoms with Gasteiger partial charge in [-0.3, -0.25) is 9.00 Å². The summed E-state index contributed by atoms with van der Waals surface area (Å²) in [6.45, 7) is 3.74. The van der Waals surface area contributed by atoms with Crippen LogP contribution in [0.2, 0.25) is 0 Å². The second-order valence-electron chi connectivity index (χ2n) is 3.05. The fourth-order valence-electron chi connectivity index (χ4n) is 0.793. The summed E-state index contributed by atoms with van der Waals surface area (Å²) < 4.78 is 16.2. The summed E-state index contributed by atoms with van der Waals surface area (Å²) in [4.78, 5) is 10.4. The minimum absolute atomic E-state index is 0.105. The van der Waals surface area contributed by atoms with Crippen LogP contribution < -0.4 is 0 Å². The van der Waals surface area contributed by atoms with E-state index in [-0.39, 0.29) is 11.0 Å². The molecule has 0 aliphatic rings. The monoisotopic (exact) mass is 208 g/mol. The third kappa shape index (κ3) is 5.00. The van der Waals surface area contributed by atoms with E-state index in [0.717, 1.165) is 0 Å². The Kier molecular flexibility index (Phi) is 5.90. The number of rotatable bonds is 6. The molecule has 0 radical (unpaired) electrons. The van der Waals surface area contributed by atoms with Crippen molar-refractivity contribution in [2.45, 2.75) is 19.1 Å². The van der Waals surface area contributed by atoms with Crippen LogP contribution in [-0.2, 0) is 20.3 Å². The summed E-state index contributed by atoms with van der Waals surface area (Å²) in [5, 5.41) is 8.47. The molecule has 3 unspecified atom stereocenters. The lowest BCUT2D eigenvalue weighted by molar-refractivity contribution is -0.140. The molecule has 0 amide bonds. The maximum atomic E-state index is 11.4. The highest BCUT2D eigenvalue weighted by Crippen LogP contribution is 2.04. The molecule has 0 aromatic carbocycles. The number of hydrogen-bond donors (Lipinski definition) is 1. The quantitative estimate of drug-likeness (QED) is 0.690. The highest BCUT2D eigenvalue weighted by atomic mass is 32.2. The number of ether oxygens (including phenoxy) is 1. The zero-order chi connectivity index (χ0) is 10.4. The molecule has 4 nitrogen and oxygen atoms in total. The largest absolute Gasteiger partial charge is 0.481 e. The Morgan fingerprint density at radius 1 is 1.54 bits per heavy atom. The van der Waals surface area contributed by atoms with E-state index in [0.29, 0.717) is 6.61 Å². The summed E-state index contributed by atoms with van der Waals surface area (Å²) in [7, 11) is 0.415. The van der Waals surface area contributed by atoms with Crippen molar-refractivity contribution >= 4 is 16.8 Å². The molecule has 0 aromatic rings. The van der Waals surface area contributed by atoms with E-state index in [1.165, 1.54) is 7.11 Å². The van der Waals surface area contributed by atoms with Gasteiger partial charge < -0.3 is 9.84 Å². The second-order valence-corrected chi connectivity index (χ2v) is 4.95. The first kappa shape index (κ1) is 12.6. The second kappa shape index (κ2) is 6.10. The first-order valence-electron chi connectivity index (χ1n) is 4.08. The normalized spacial score (nSPS) is 17.8. The third-order valence-electron chi connectivity index (χ3n) is 1.69. The van der Waals surface area contributed by atoms with Crippen LogP contribution in [0.25, 0.3) is 0 Å². The molecule has 1 N–H and O–H groups in total. The summed E-state index contributed by atoms with van der Waals surface area (Å²) in [5.41, 5.74) is 0. The van der Waals surface area contributed by atoms with Gasteiger partial charge in [-0.25, -0.2) is 0 Å². The van der Waals surface area contributed by atoms with E-state index >= 15 is 0 Å². The number of carbonyl (C=O) groups is 1. The van der Waals surface area contributed by atoms with E-state index in [4.69, 9.17) is 9.84 Å². The van der Waals surface area contributed by atoms with E-state index in [9.17, 15) is 9.00 Å². The van der Waals surface area contributed by atoms with E-state index < -0.39 is 22.7 Å². The molecule has 0 aromatic heterocycles. The predicted octanol–water partition coefficient (Wildman–Crippen LogP) is 0.491. The van der Waals surface area contributed by atoms with Crippen LogP contribution in [0.4, 0.5) is 0 Å². The molecular weight excluding hydrogens is 192 g/mol. The molecule has 78 valence electrons. The van der Waals surface area contributed by atoms with Crippen LogP contribution in [0, 0.1) is 5.92 Å². The highest BCUT2D eigenvalue weighted by molar-refractivity contribution is 7.85. The smallest absolute Gasteiger partial charge is 0.307 e.